The van der Waals surface area contributed by atoms with Crippen LogP contribution >= 0.6 is 12.4 Å². The molecule has 27 heavy (non-hydrogen) atoms. The van der Waals surface area contributed by atoms with Gasteiger partial charge in [-0.1, -0.05) is 25.3 Å². The SMILES string of the molecule is COc1cccc(Oc2ccc(NC(=O)[C@@H](N)C3CCCCC3)cn2)c1.Cl. The summed E-state index contributed by atoms with van der Waals surface area (Å²) < 4.78 is 10.9. The third-order valence-electron chi connectivity index (χ3n) is 4.73. The number of pyridine rings is 1. The van der Waals surface area contributed by atoms with Crippen LogP contribution in [0.15, 0.2) is 42.6 Å². The molecule has 3 N–H and O–H groups in total. The number of amides is 1. The number of carbonyl (C=O) groups is 1. The number of nitrogens with two attached hydrogens (primary N) is 1. The maximum atomic E-state index is 12.3. The van der Waals surface area contributed by atoms with Gasteiger partial charge in [-0.15, -0.1) is 12.4 Å². The van der Waals surface area contributed by atoms with Gasteiger partial charge in [0.15, 0.2) is 0 Å². The highest BCUT2D eigenvalue weighted by molar-refractivity contribution is 5.94. The zero-order chi connectivity index (χ0) is 18.4. The molecule has 146 valence electrons. The van der Waals surface area contributed by atoms with E-state index in [0.717, 1.165) is 25.7 Å². The fourth-order valence-electron chi connectivity index (χ4n) is 3.23. The molecule has 0 bridgehead atoms. The van der Waals surface area contributed by atoms with Gasteiger partial charge >= 0.3 is 0 Å². The smallest absolute Gasteiger partial charge is 0.241 e. The molecule has 1 fully saturated rings. The topological polar surface area (TPSA) is 86.5 Å². The molecule has 1 aliphatic carbocycles. The third-order valence-corrected chi connectivity index (χ3v) is 4.73. The quantitative estimate of drug-likeness (QED) is 0.772. The van der Waals surface area contributed by atoms with Gasteiger partial charge in [0.1, 0.15) is 11.5 Å². The van der Waals surface area contributed by atoms with Crippen molar-refractivity contribution >= 4 is 24.0 Å². The normalized spacial score (nSPS) is 15.3. The Morgan fingerprint density at radius 2 is 1.93 bits per heavy atom. The Kier molecular flexibility index (Phi) is 7.88. The summed E-state index contributed by atoms with van der Waals surface area (Å²) >= 11 is 0. The maximum absolute atomic E-state index is 12.3. The van der Waals surface area contributed by atoms with Crippen molar-refractivity contribution in [1.29, 1.82) is 0 Å². The summed E-state index contributed by atoms with van der Waals surface area (Å²) in [6, 6.07) is 10.3. The molecule has 3 rings (SSSR count). The number of aromatic nitrogens is 1. The van der Waals surface area contributed by atoms with Crippen LogP contribution in [0.25, 0.3) is 0 Å². The van der Waals surface area contributed by atoms with Crippen molar-refractivity contribution in [2.24, 2.45) is 11.7 Å². The second kappa shape index (κ2) is 10.1. The van der Waals surface area contributed by atoms with Crippen LogP contribution in [0.4, 0.5) is 5.69 Å². The number of nitrogens with zero attached hydrogens (tertiary/aromatic N) is 1. The van der Waals surface area contributed by atoms with E-state index < -0.39 is 6.04 Å². The van der Waals surface area contributed by atoms with E-state index in [1.165, 1.54) is 6.42 Å². The molecule has 0 radical (unpaired) electrons. The molecule has 1 heterocycles. The predicted octanol–water partition coefficient (Wildman–Crippen LogP) is 4.15. The maximum Gasteiger partial charge on any atom is 0.241 e. The van der Waals surface area contributed by atoms with Gasteiger partial charge in [0, 0.05) is 12.1 Å². The van der Waals surface area contributed by atoms with Crippen LogP contribution in [0, 0.1) is 5.92 Å². The summed E-state index contributed by atoms with van der Waals surface area (Å²) in [4.78, 5) is 16.6. The lowest BCUT2D eigenvalue weighted by Gasteiger charge is -2.26. The number of carbonyl (C=O) groups excluding carboxylic acids is 1. The number of halogens is 1. The first kappa shape index (κ1) is 21.0. The number of rotatable bonds is 6. The molecule has 0 aliphatic heterocycles. The molecule has 6 nitrogen and oxygen atoms in total. The monoisotopic (exact) mass is 391 g/mol. The van der Waals surface area contributed by atoms with Crippen LogP contribution in [-0.2, 0) is 4.79 Å². The lowest BCUT2D eigenvalue weighted by molar-refractivity contribution is -0.118. The van der Waals surface area contributed by atoms with Gasteiger partial charge < -0.3 is 20.5 Å². The van der Waals surface area contributed by atoms with Crippen LogP contribution < -0.4 is 20.5 Å². The molecule has 1 aliphatic rings. The van der Waals surface area contributed by atoms with Crippen molar-refractivity contribution in [3.63, 3.8) is 0 Å². The summed E-state index contributed by atoms with van der Waals surface area (Å²) in [5.74, 6) is 1.90. The Morgan fingerprint density at radius 3 is 2.59 bits per heavy atom. The van der Waals surface area contributed by atoms with Crippen LogP contribution in [0.2, 0.25) is 0 Å². The molecule has 1 saturated carbocycles. The van der Waals surface area contributed by atoms with Gasteiger partial charge in [0.25, 0.3) is 0 Å². The van der Waals surface area contributed by atoms with Gasteiger partial charge in [-0.3, -0.25) is 4.79 Å². The number of benzene rings is 1. The van der Waals surface area contributed by atoms with Crippen molar-refractivity contribution in [3.05, 3.63) is 42.6 Å². The molecule has 1 atom stereocenters. The zero-order valence-corrected chi connectivity index (χ0v) is 16.2. The van der Waals surface area contributed by atoms with E-state index in [2.05, 4.69) is 10.3 Å². The number of hydrogen-bond acceptors (Lipinski definition) is 5. The lowest BCUT2D eigenvalue weighted by atomic mass is 9.84. The molecule has 1 aromatic carbocycles. The highest BCUT2D eigenvalue weighted by Gasteiger charge is 2.26. The average Bonchev–Trinajstić information content (AvgIpc) is 2.69. The van der Waals surface area contributed by atoms with Crippen LogP contribution in [0.5, 0.6) is 17.4 Å². The summed E-state index contributed by atoms with van der Waals surface area (Å²) in [6.07, 6.45) is 7.18. The minimum Gasteiger partial charge on any atom is -0.497 e. The van der Waals surface area contributed by atoms with Crippen molar-refractivity contribution in [3.8, 4) is 17.4 Å². The first-order valence-electron chi connectivity index (χ1n) is 9.00. The average molecular weight is 392 g/mol. The molecule has 1 amide bonds. The van der Waals surface area contributed by atoms with Crippen LogP contribution in [0.1, 0.15) is 32.1 Å². The minimum atomic E-state index is -0.469. The number of hydrogen-bond donors (Lipinski definition) is 2. The van der Waals surface area contributed by atoms with E-state index in [0.29, 0.717) is 23.1 Å². The summed E-state index contributed by atoms with van der Waals surface area (Å²) in [6.45, 7) is 0. The Morgan fingerprint density at radius 1 is 1.19 bits per heavy atom. The molecule has 0 spiro atoms. The fraction of sp³-hybridized carbons (Fsp3) is 0.400. The van der Waals surface area contributed by atoms with E-state index in [1.54, 1.807) is 31.5 Å². The van der Waals surface area contributed by atoms with Crippen LogP contribution in [0.3, 0.4) is 0 Å². The number of anilines is 1. The van der Waals surface area contributed by atoms with Gasteiger partial charge in [-0.25, -0.2) is 4.98 Å². The fourth-order valence-corrected chi connectivity index (χ4v) is 3.23. The Bertz CT molecular complexity index is 734. The molecule has 7 heteroatoms. The molecule has 2 aromatic rings. The standard InChI is InChI=1S/C20H25N3O3.ClH/c1-25-16-8-5-9-17(12-16)26-18-11-10-15(13-22-18)23-20(24)19(21)14-6-3-2-4-7-14;/h5,8-14,19H,2-4,6-7,21H2,1H3,(H,23,24);1H/t19-;/m0./s1. The summed E-state index contributed by atoms with van der Waals surface area (Å²) in [5.41, 5.74) is 6.74. The van der Waals surface area contributed by atoms with Crippen LogP contribution in [-0.4, -0.2) is 24.0 Å². The molecule has 0 unspecified atom stereocenters. The molecular weight excluding hydrogens is 366 g/mol. The largest absolute Gasteiger partial charge is 0.497 e. The van der Waals surface area contributed by atoms with E-state index in [-0.39, 0.29) is 24.2 Å². The third kappa shape index (κ3) is 5.84. The van der Waals surface area contributed by atoms with Crippen molar-refractivity contribution in [1.82, 2.24) is 4.98 Å². The second-order valence-electron chi connectivity index (χ2n) is 6.58. The number of methoxy groups -OCH3 is 1. The van der Waals surface area contributed by atoms with E-state index in [1.807, 2.05) is 18.2 Å². The first-order chi connectivity index (χ1) is 12.7. The highest BCUT2D eigenvalue weighted by atomic mass is 35.5. The van der Waals surface area contributed by atoms with Crippen molar-refractivity contribution in [2.45, 2.75) is 38.1 Å². The van der Waals surface area contributed by atoms with E-state index in [4.69, 9.17) is 15.2 Å². The Hall–Kier alpha value is -2.31. The second-order valence-corrected chi connectivity index (χ2v) is 6.58. The highest BCUT2D eigenvalue weighted by Crippen LogP contribution is 2.27. The van der Waals surface area contributed by atoms with E-state index in [9.17, 15) is 4.79 Å². The Labute approximate surface area is 165 Å². The zero-order valence-electron chi connectivity index (χ0n) is 15.4. The molecular formula is C20H26ClN3O3. The van der Waals surface area contributed by atoms with Gasteiger partial charge in [-0.05, 0) is 37.0 Å². The van der Waals surface area contributed by atoms with Gasteiger partial charge in [0.2, 0.25) is 11.8 Å². The van der Waals surface area contributed by atoms with Gasteiger partial charge in [0.05, 0.1) is 25.0 Å². The van der Waals surface area contributed by atoms with Gasteiger partial charge in [-0.2, -0.15) is 0 Å². The molecule has 0 saturated heterocycles. The number of nitrogens with one attached hydrogen (secondary N) is 1. The van der Waals surface area contributed by atoms with Crippen molar-refractivity contribution in [2.75, 3.05) is 12.4 Å². The van der Waals surface area contributed by atoms with E-state index >= 15 is 0 Å². The van der Waals surface area contributed by atoms with Crippen molar-refractivity contribution < 1.29 is 14.3 Å². The number of ether oxygens (including phenoxy) is 2. The summed E-state index contributed by atoms with van der Waals surface area (Å²) in [5, 5.41) is 2.85. The predicted molar refractivity (Wildman–Crippen MR) is 108 cm³/mol. The minimum absolute atomic E-state index is 0. The molecule has 1 aromatic heterocycles. The lowest BCUT2D eigenvalue weighted by Crippen LogP contribution is -2.42. The Balaban J connectivity index is 0.00000261. The first-order valence-corrected chi connectivity index (χ1v) is 9.00. The summed E-state index contributed by atoms with van der Waals surface area (Å²) in [7, 11) is 1.60.